The summed E-state index contributed by atoms with van der Waals surface area (Å²) < 4.78 is 6.05. The molecule has 1 N–H and O–H groups in total. The molecule has 0 unspecified atom stereocenters. The van der Waals surface area contributed by atoms with E-state index < -0.39 is 0 Å². The van der Waals surface area contributed by atoms with E-state index in [-0.39, 0.29) is 6.09 Å². The molecule has 0 atom stereocenters. The number of aliphatic imine (C=N–C) groups is 1. The quantitative estimate of drug-likeness (QED) is 0.807. The van der Waals surface area contributed by atoms with Crippen molar-refractivity contribution in [1.29, 1.82) is 0 Å². The van der Waals surface area contributed by atoms with Gasteiger partial charge in [0.05, 0.1) is 35.4 Å². The van der Waals surface area contributed by atoms with Gasteiger partial charge >= 0.3 is 6.09 Å². The number of guanidine groups is 1. The third-order valence-electron chi connectivity index (χ3n) is 3.61. The molecule has 0 fully saturated rings. The summed E-state index contributed by atoms with van der Waals surface area (Å²) in [5, 5.41) is 3.18. The Bertz CT molecular complexity index is 780. The van der Waals surface area contributed by atoms with Crippen molar-refractivity contribution in [1.82, 2.24) is 14.9 Å². The number of hydrogen-bond donors (Lipinski definition) is 1. The average molecular weight is 392 g/mol. The van der Waals surface area contributed by atoms with Gasteiger partial charge < -0.3 is 10.1 Å². The van der Waals surface area contributed by atoms with E-state index in [2.05, 4.69) is 43.1 Å². The van der Waals surface area contributed by atoms with E-state index in [1.807, 2.05) is 12.1 Å². The summed E-state index contributed by atoms with van der Waals surface area (Å²) in [6.45, 7) is 3.54. The third-order valence-corrected chi connectivity index (χ3v) is 4.41. The first-order valence-electron chi connectivity index (χ1n) is 7.85. The number of aromatic nitrogens is 2. The van der Waals surface area contributed by atoms with Crippen molar-refractivity contribution in [3.8, 4) is 0 Å². The monoisotopic (exact) mass is 391 g/mol. The summed E-state index contributed by atoms with van der Waals surface area (Å²) in [7, 11) is 0. The smallest absolute Gasteiger partial charge is 0.416 e. The van der Waals surface area contributed by atoms with Crippen LogP contribution in [0.3, 0.4) is 0 Å². The Labute approximate surface area is 148 Å². The van der Waals surface area contributed by atoms with Crippen LogP contribution in [0.4, 0.5) is 10.5 Å². The summed E-state index contributed by atoms with van der Waals surface area (Å²) in [6.07, 6.45) is 4.76. The van der Waals surface area contributed by atoms with Gasteiger partial charge in [0.2, 0.25) is 5.96 Å². The molecule has 0 aliphatic carbocycles. The lowest BCUT2D eigenvalue weighted by atomic mass is 10.2. The molecular formula is C16H18BrN5O2. The van der Waals surface area contributed by atoms with Gasteiger partial charge in [-0.1, -0.05) is 13.3 Å². The molecule has 24 heavy (non-hydrogen) atoms. The van der Waals surface area contributed by atoms with E-state index in [9.17, 15) is 4.79 Å². The molecule has 7 nitrogen and oxygen atoms in total. The van der Waals surface area contributed by atoms with E-state index in [0.717, 1.165) is 34.0 Å². The Balaban J connectivity index is 1.75. The minimum atomic E-state index is -0.371. The molecule has 1 amide bonds. The molecule has 8 heteroatoms. The van der Waals surface area contributed by atoms with Gasteiger partial charge in [0.1, 0.15) is 5.52 Å². The lowest BCUT2D eigenvalue weighted by molar-refractivity contribution is 0.123. The normalized spacial score (nSPS) is 13.9. The van der Waals surface area contributed by atoms with Crippen LogP contribution in [0.25, 0.3) is 11.0 Å². The standard InChI is InChI=1S/C16H18BrN5O2/c1-2-3-10-24-16(23)22-9-8-20-15(22)21-11-4-5-12-14(13(11)17)19-7-6-18-12/h4-7H,2-3,8-10H2,1H3,(H,20,21). The van der Waals surface area contributed by atoms with E-state index in [1.54, 1.807) is 12.4 Å². The molecule has 0 saturated carbocycles. The number of hydrogen-bond acceptors (Lipinski definition) is 6. The third kappa shape index (κ3) is 3.48. The van der Waals surface area contributed by atoms with E-state index in [0.29, 0.717) is 25.7 Å². The Morgan fingerprint density at radius 3 is 3.04 bits per heavy atom. The van der Waals surface area contributed by atoms with Crippen LogP contribution in [-0.2, 0) is 4.74 Å². The number of nitrogens with zero attached hydrogens (tertiary/aromatic N) is 4. The van der Waals surface area contributed by atoms with Crippen LogP contribution in [0.15, 0.2) is 34.0 Å². The number of ether oxygens (including phenoxy) is 1. The van der Waals surface area contributed by atoms with Gasteiger partial charge in [-0.25, -0.2) is 9.69 Å². The second-order valence-electron chi connectivity index (χ2n) is 5.30. The zero-order chi connectivity index (χ0) is 16.9. The Morgan fingerprint density at radius 2 is 2.21 bits per heavy atom. The minimum absolute atomic E-state index is 0.371. The number of fused-ring (bicyclic) bond motifs is 1. The number of anilines is 1. The van der Waals surface area contributed by atoms with Crippen LogP contribution in [0.2, 0.25) is 0 Å². The molecule has 0 spiro atoms. The van der Waals surface area contributed by atoms with Crippen molar-refractivity contribution < 1.29 is 9.53 Å². The predicted octanol–water partition coefficient (Wildman–Crippen LogP) is 3.41. The highest BCUT2D eigenvalue weighted by molar-refractivity contribution is 9.10. The van der Waals surface area contributed by atoms with Gasteiger partial charge in [0.25, 0.3) is 0 Å². The number of benzene rings is 1. The highest BCUT2D eigenvalue weighted by atomic mass is 79.9. The Kier molecular flexibility index (Phi) is 5.24. The van der Waals surface area contributed by atoms with Crippen molar-refractivity contribution >= 4 is 44.7 Å². The molecule has 126 valence electrons. The van der Waals surface area contributed by atoms with Gasteiger partial charge in [-0.3, -0.25) is 15.0 Å². The van der Waals surface area contributed by atoms with Gasteiger partial charge in [-0.05, 0) is 34.5 Å². The minimum Gasteiger partial charge on any atom is -0.449 e. The second-order valence-corrected chi connectivity index (χ2v) is 6.09. The fourth-order valence-corrected chi connectivity index (χ4v) is 2.87. The molecule has 3 rings (SSSR count). The molecule has 1 aromatic heterocycles. The van der Waals surface area contributed by atoms with Crippen LogP contribution in [0, 0.1) is 0 Å². The van der Waals surface area contributed by atoms with E-state index in [4.69, 9.17) is 4.74 Å². The Morgan fingerprint density at radius 1 is 1.38 bits per heavy atom. The maximum atomic E-state index is 12.2. The van der Waals surface area contributed by atoms with E-state index >= 15 is 0 Å². The number of nitrogens with one attached hydrogen (secondary N) is 1. The average Bonchev–Trinajstić information content (AvgIpc) is 3.06. The van der Waals surface area contributed by atoms with Gasteiger partial charge in [0.15, 0.2) is 0 Å². The predicted molar refractivity (Wildman–Crippen MR) is 96.1 cm³/mol. The number of unbranched alkanes of at least 4 members (excludes halogenated alkanes) is 1. The number of amides is 1. The van der Waals surface area contributed by atoms with Crippen molar-refractivity contribution in [2.24, 2.45) is 4.99 Å². The van der Waals surface area contributed by atoms with Crippen LogP contribution in [0.5, 0.6) is 0 Å². The maximum Gasteiger partial charge on any atom is 0.416 e. The van der Waals surface area contributed by atoms with Crippen molar-refractivity contribution in [2.75, 3.05) is 25.0 Å². The van der Waals surface area contributed by atoms with Crippen molar-refractivity contribution in [3.05, 3.63) is 29.0 Å². The first-order valence-corrected chi connectivity index (χ1v) is 8.65. The number of rotatable bonds is 4. The van der Waals surface area contributed by atoms with Crippen LogP contribution in [-0.4, -0.2) is 46.6 Å². The van der Waals surface area contributed by atoms with Crippen molar-refractivity contribution in [3.63, 3.8) is 0 Å². The van der Waals surface area contributed by atoms with E-state index in [1.165, 1.54) is 4.90 Å². The van der Waals surface area contributed by atoms with Gasteiger partial charge in [-0.2, -0.15) is 0 Å². The largest absolute Gasteiger partial charge is 0.449 e. The molecule has 0 saturated heterocycles. The summed E-state index contributed by atoms with van der Waals surface area (Å²) >= 11 is 3.54. The summed E-state index contributed by atoms with van der Waals surface area (Å²) in [4.78, 5) is 26.6. The molecule has 0 radical (unpaired) electrons. The SMILES string of the molecule is CCCCOC(=O)N1CCN=C1Nc1ccc2nccnc2c1Br. The topological polar surface area (TPSA) is 79.7 Å². The summed E-state index contributed by atoms with van der Waals surface area (Å²) in [5.74, 6) is 0.487. The molecular weight excluding hydrogens is 374 g/mol. The van der Waals surface area contributed by atoms with Crippen LogP contribution < -0.4 is 5.32 Å². The molecule has 0 bridgehead atoms. The first-order chi connectivity index (χ1) is 11.7. The highest BCUT2D eigenvalue weighted by Crippen LogP contribution is 2.29. The lowest BCUT2D eigenvalue weighted by Gasteiger charge is -2.19. The molecule has 1 aromatic carbocycles. The van der Waals surface area contributed by atoms with Crippen molar-refractivity contribution in [2.45, 2.75) is 19.8 Å². The molecule has 2 aromatic rings. The maximum absolute atomic E-state index is 12.2. The molecule has 2 heterocycles. The molecule has 1 aliphatic rings. The number of carbonyl (C=O) groups excluding carboxylic acids is 1. The fourth-order valence-electron chi connectivity index (χ4n) is 2.33. The number of carbonyl (C=O) groups is 1. The second kappa shape index (κ2) is 7.57. The van der Waals surface area contributed by atoms with Gasteiger partial charge in [-0.15, -0.1) is 0 Å². The lowest BCUT2D eigenvalue weighted by Crippen LogP contribution is -2.39. The zero-order valence-electron chi connectivity index (χ0n) is 13.3. The van der Waals surface area contributed by atoms with Crippen LogP contribution in [0.1, 0.15) is 19.8 Å². The first kappa shape index (κ1) is 16.6. The number of halogens is 1. The van der Waals surface area contributed by atoms with Crippen LogP contribution >= 0.6 is 15.9 Å². The molecule has 1 aliphatic heterocycles. The fraction of sp³-hybridized carbons (Fsp3) is 0.375. The Hall–Kier alpha value is -2.22. The highest BCUT2D eigenvalue weighted by Gasteiger charge is 2.25. The van der Waals surface area contributed by atoms with Gasteiger partial charge in [0, 0.05) is 12.4 Å². The summed E-state index contributed by atoms with van der Waals surface area (Å²) in [5.41, 5.74) is 2.31. The zero-order valence-corrected chi connectivity index (χ0v) is 14.9. The summed E-state index contributed by atoms with van der Waals surface area (Å²) in [6, 6.07) is 3.75.